The SMILES string of the molecule is CC(C)(C)c1cc(-c2ccccc2)c(Cn2c(-c3[c-]ccc4c3oc3nc(F)ccc34)nc3ccccc32)c(-c2ccccc2)c1.CC(C)Cc1cc(-c2[c-]cccc2)ncc1[Si](C)(C)C.[Ir]. The van der Waals surface area contributed by atoms with Crippen LogP contribution in [0.4, 0.5) is 4.39 Å². The summed E-state index contributed by atoms with van der Waals surface area (Å²) in [6.07, 6.45) is 3.24. The molecule has 0 spiro atoms. The van der Waals surface area contributed by atoms with Crippen molar-refractivity contribution in [2.45, 2.75) is 72.6 Å². The first-order valence-corrected chi connectivity index (χ1v) is 26.3. The van der Waals surface area contributed by atoms with Crippen LogP contribution in [0.3, 0.4) is 0 Å². The Kier molecular flexibility index (Phi) is 13.7. The molecule has 10 aromatic rings. The second kappa shape index (κ2) is 19.5. The van der Waals surface area contributed by atoms with Gasteiger partial charge in [-0.15, -0.1) is 54.1 Å². The van der Waals surface area contributed by atoms with Crippen LogP contribution in [-0.2, 0) is 38.5 Å². The van der Waals surface area contributed by atoms with E-state index in [1.807, 2.05) is 48.5 Å². The van der Waals surface area contributed by atoms with Gasteiger partial charge in [0.1, 0.15) is 0 Å². The number of para-hydroxylation sites is 2. The molecule has 0 aliphatic heterocycles. The molecule has 67 heavy (non-hydrogen) atoms. The molecule has 8 heteroatoms. The quantitative estimate of drug-likeness (QED) is 0.0821. The normalized spacial score (nSPS) is 11.8. The van der Waals surface area contributed by atoms with Gasteiger partial charge in [-0.05, 0) is 86.3 Å². The molecule has 0 N–H and O–H groups in total. The van der Waals surface area contributed by atoms with Crippen LogP contribution in [-0.4, -0.2) is 27.6 Å². The minimum Gasteiger partial charge on any atom is -0.486 e. The summed E-state index contributed by atoms with van der Waals surface area (Å²) in [4.78, 5) is 13.9. The Hall–Kier alpha value is -6.31. The number of aromatic nitrogens is 4. The zero-order valence-corrected chi connectivity index (χ0v) is 42.8. The first-order valence-electron chi connectivity index (χ1n) is 22.8. The van der Waals surface area contributed by atoms with Crippen LogP contribution in [0.1, 0.15) is 51.3 Å². The first-order chi connectivity index (χ1) is 31.7. The van der Waals surface area contributed by atoms with Crippen molar-refractivity contribution in [2.75, 3.05) is 0 Å². The molecule has 4 aromatic heterocycles. The molecule has 10 rings (SSSR count). The molecular formula is C59H55FIrN4OSi-2. The van der Waals surface area contributed by atoms with Gasteiger partial charge in [-0.2, -0.15) is 9.37 Å². The van der Waals surface area contributed by atoms with E-state index in [0.717, 1.165) is 56.4 Å². The molecule has 0 saturated heterocycles. The Bertz CT molecular complexity index is 3250. The van der Waals surface area contributed by atoms with Crippen molar-refractivity contribution in [3.05, 3.63) is 193 Å². The van der Waals surface area contributed by atoms with Gasteiger partial charge >= 0.3 is 0 Å². The number of benzene rings is 6. The van der Waals surface area contributed by atoms with E-state index in [-0.39, 0.29) is 31.2 Å². The van der Waals surface area contributed by atoms with Crippen LogP contribution in [0.15, 0.2) is 162 Å². The zero-order chi connectivity index (χ0) is 46.2. The predicted octanol–water partition coefficient (Wildman–Crippen LogP) is 14.9. The second-order valence-electron chi connectivity index (χ2n) is 19.6. The van der Waals surface area contributed by atoms with E-state index in [1.54, 1.807) is 6.07 Å². The predicted molar refractivity (Wildman–Crippen MR) is 274 cm³/mol. The Morgan fingerprint density at radius 2 is 1.37 bits per heavy atom. The minimum absolute atomic E-state index is 0. The molecule has 0 unspecified atom stereocenters. The maximum Gasteiger partial charge on any atom is 0.218 e. The maximum absolute atomic E-state index is 14.1. The fraction of sp³-hybridized carbons (Fsp3) is 0.203. The van der Waals surface area contributed by atoms with Gasteiger partial charge in [-0.25, -0.2) is 0 Å². The van der Waals surface area contributed by atoms with Gasteiger partial charge in [0.25, 0.3) is 0 Å². The van der Waals surface area contributed by atoms with Gasteiger partial charge in [0.2, 0.25) is 11.7 Å². The van der Waals surface area contributed by atoms with Crippen molar-refractivity contribution < 1.29 is 28.9 Å². The van der Waals surface area contributed by atoms with Gasteiger partial charge in [0.05, 0.1) is 30.5 Å². The molecule has 0 aliphatic carbocycles. The van der Waals surface area contributed by atoms with E-state index in [2.05, 4.69) is 178 Å². The van der Waals surface area contributed by atoms with Crippen LogP contribution < -0.4 is 5.19 Å². The third kappa shape index (κ3) is 10.0. The molecule has 1 radical (unpaired) electrons. The molecule has 5 nitrogen and oxygen atoms in total. The summed E-state index contributed by atoms with van der Waals surface area (Å²) in [6.45, 7) is 19.1. The van der Waals surface area contributed by atoms with Crippen molar-refractivity contribution in [3.63, 3.8) is 0 Å². The number of hydrogen-bond acceptors (Lipinski definition) is 4. The fourth-order valence-electron chi connectivity index (χ4n) is 8.86. The minimum atomic E-state index is -1.34. The summed E-state index contributed by atoms with van der Waals surface area (Å²) >= 11 is 0. The standard InChI is InChI=1S/C41H31FN3O.C18H24NSi.Ir/c1-41(2,3)28-23-32(26-13-6-4-7-14-26)34(33(24-28)27-15-8-5-9-16-27)25-45-36-20-11-10-19-35(36)43-39(45)31-18-12-17-29-30-21-22-37(42)44-40(30)46-38(29)31;1-14(2)11-16-12-17(15-9-7-6-8-10-15)19-13-18(16)20(3,4)5;/h4-17,19-24H,25H2,1-3H3;6-9,12-14H,11H2,1-5H3;/q2*-1;. The van der Waals surface area contributed by atoms with E-state index in [1.165, 1.54) is 39.1 Å². The van der Waals surface area contributed by atoms with Gasteiger partial charge in [-0.3, -0.25) is 4.98 Å². The zero-order valence-electron chi connectivity index (χ0n) is 39.4. The Balaban J connectivity index is 0.000000244. The van der Waals surface area contributed by atoms with Crippen molar-refractivity contribution in [2.24, 2.45) is 5.92 Å². The number of furan rings is 1. The molecule has 0 saturated carbocycles. The molecule has 0 bridgehead atoms. The number of nitrogens with zero attached hydrogens (tertiary/aromatic N) is 4. The van der Waals surface area contributed by atoms with Crippen molar-refractivity contribution in [1.82, 2.24) is 19.5 Å². The summed E-state index contributed by atoms with van der Waals surface area (Å²) in [5, 5.41) is 3.09. The monoisotopic (exact) mass is 1080 g/mol. The largest absolute Gasteiger partial charge is 0.486 e. The summed E-state index contributed by atoms with van der Waals surface area (Å²) in [5.41, 5.74) is 14.1. The summed E-state index contributed by atoms with van der Waals surface area (Å²) < 4.78 is 22.6. The topological polar surface area (TPSA) is 56.7 Å². The van der Waals surface area contributed by atoms with Crippen molar-refractivity contribution in [1.29, 1.82) is 0 Å². The van der Waals surface area contributed by atoms with Crippen LogP contribution in [0, 0.1) is 24.0 Å². The number of hydrogen-bond donors (Lipinski definition) is 0. The Morgan fingerprint density at radius 3 is 2.00 bits per heavy atom. The molecule has 339 valence electrons. The van der Waals surface area contributed by atoms with E-state index in [0.29, 0.717) is 23.6 Å². The Morgan fingerprint density at radius 1 is 0.716 bits per heavy atom. The van der Waals surface area contributed by atoms with Gasteiger partial charge in [0, 0.05) is 38.2 Å². The van der Waals surface area contributed by atoms with E-state index < -0.39 is 14.0 Å². The molecule has 0 amide bonds. The van der Waals surface area contributed by atoms with Crippen LogP contribution in [0.5, 0.6) is 0 Å². The van der Waals surface area contributed by atoms with Gasteiger partial charge in [-0.1, -0.05) is 162 Å². The molecule has 0 fully saturated rings. The number of rotatable bonds is 9. The number of fused-ring (bicyclic) bond motifs is 4. The van der Waals surface area contributed by atoms with Crippen LogP contribution in [0.2, 0.25) is 19.6 Å². The molecular weight excluding hydrogens is 1020 g/mol. The Labute approximate surface area is 408 Å². The smallest absolute Gasteiger partial charge is 0.218 e. The summed E-state index contributed by atoms with van der Waals surface area (Å²) in [5.74, 6) is 0.814. The number of halogens is 1. The molecule has 0 aliphatic rings. The summed E-state index contributed by atoms with van der Waals surface area (Å²) in [7, 11) is -1.34. The van der Waals surface area contributed by atoms with E-state index in [4.69, 9.17) is 9.40 Å². The molecule has 0 atom stereocenters. The van der Waals surface area contributed by atoms with Gasteiger partial charge in [0.15, 0.2) is 0 Å². The van der Waals surface area contributed by atoms with Crippen LogP contribution >= 0.6 is 0 Å². The van der Waals surface area contributed by atoms with Crippen molar-refractivity contribution >= 4 is 46.4 Å². The average molecular weight is 1080 g/mol. The number of pyridine rings is 2. The fourth-order valence-corrected chi connectivity index (χ4v) is 10.4. The third-order valence-corrected chi connectivity index (χ3v) is 14.2. The van der Waals surface area contributed by atoms with E-state index >= 15 is 0 Å². The summed E-state index contributed by atoms with van der Waals surface area (Å²) in [6, 6.07) is 58.0. The second-order valence-corrected chi connectivity index (χ2v) is 24.6. The van der Waals surface area contributed by atoms with Crippen molar-refractivity contribution in [3.8, 4) is 44.9 Å². The van der Waals surface area contributed by atoms with Gasteiger partial charge < -0.3 is 14.0 Å². The third-order valence-electron chi connectivity index (χ3n) is 12.2. The first kappa shape index (κ1) is 47.2. The van der Waals surface area contributed by atoms with E-state index in [9.17, 15) is 4.39 Å². The molecule has 4 heterocycles. The number of imidazole rings is 1. The van der Waals surface area contributed by atoms with Crippen LogP contribution in [0.25, 0.3) is 78.0 Å². The molecule has 6 aromatic carbocycles. The maximum atomic E-state index is 14.1. The average Bonchev–Trinajstić information content (AvgIpc) is 3.87.